The van der Waals surface area contributed by atoms with Gasteiger partial charge in [0.15, 0.2) is 0 Å². The van der Waals surface area contributed by atoms with Gasteiger partial charge in [-0.25, -0.2) is 0 Å². The summed E-state index contributed by atoms with van der Waals surface area (Å²) in [5, 5.41) is 17.4. The Hall–Kier alpha value is -0.760. The standard InChI is InChI=1S/C8H14O2/c1-3-8(10)5-4-7(2)6-9/h3,5,7,9-10H,1,4,6H2,2H3/b8-5+/t7-/m0/s1. The molecule has 0 radical (unpaired) electrons. The first-order chi connectivity index (χ1) is 4.70. The van der Waals surface area contributed by atoms with Crippen molar-refractivity contribution in [3.8, 4) is 0 Å². The molecule has 0 aromatic heterocycles. The van der Waals surface area contributed by atoms with Crippen LogP contribution >= 0.6 is 0 Å². The normalized spacial score (nSPS) is 14.8. The van der Waals surface area contributed by atoms with Crippen LogP contribution in [0.25, 0.3) is 0 Å². The first-order valence-electron chi connectivity index (χ1n) is 3.33. The minimum atomic E-state index is 0.154. The van der Waals surface area contributed by atoms with E-state index in [0.29, 0.717) is 6.42 Å². The van der Waals surface area contributed by atoms with Gasteiger partial charge < -0.3 is 10.2 Å². The van der Waals surface area contributed by atoms with Crippen molar-refractivity contribution >= 4 is 0 Å². The molecule has 2 N–H and O–H groups in total. The molecule has 2 heteroatoms. The van der Waals surface area contributed by atoms with E-state index >= 15 is 0 Å². The highest BCUT2D eigenvalue weighted by atomic mass is 16.3. The minimum absolute atomic E-state index is 0.154. The predicted molar refractivity (Wildman–Crippen MR) is 41.8 cm³/mol. The summed E-state index contributed by atoms with van der Waals surface area (Å²) in [5.74, 6) is 0.391. The van der Waals surface area contributed by atoms with E-state index in [9.17, 15) is 0 Å². The average Bonchev–Trinajstić information content (AvgIpc) is 1.99. The lowest BCUT2D eigenvalue weighted by molar-refractivity contribution is 0.238. The van der Waals surface area contributed by atoms with E-state index in [4.69, 9.17) is 10.2 Å². The van der Waals surface area contributed by atoms with E-state index in [1.165, 1.54) is 6.08 Å². The van der Waals surface area contributed by atoms with Crippen LogP contribution in [0.15, 0.2) is 24.5 Å². The third-order valence-corrected chi connectivity index (χ3v) is 1.25. The molecule has 0 fully saturated rings. The second-order valence-corrected chi connectivity index (χ2v) is 2.36. The first kappa shape index (κ1) is 9.24. The molecule has 0 aliphatic rings. The fourth-order valence-corrected chi connectivity index (χ4v) is 0.480. The molecule has 0 saturated heterocycles. The highest BCUT2D eigenvalue weighted by Gasteiger charge is 1.95. The van der Waals surface area contributed by atoms with E-state index in [1.807, 2.05) is 6.92 Å². The fourth-order valence-electron chi connectivity index (χ4n) is 0.480. The predicted octanol–water partition coefficient (Wildman–Crippen LogP) is 1.63. The summed E-state index contributed by atoms with van der Waals surface area (Å²) in [6, 6.07) is 0. The molecule has 0 saturated carbocycles. The van der Waals surface area contributed by atoms with E-state index in [-0.39, 0.29) is 18.3 Å². The summed E-state index contributed by atoms with van der Waals surface area (Å²) >= 11 is 0. The van der Waals surface area contributed by atoms with Crippen LogP contribution in [0.2, 0.25) is 0 Å². The number of aliphatic hydroxyl groups excluding tert-OH is 2. The van der Waals surface area contributed by atoms with Gasteiger partial charge in [0.25, 0.3) is 0 Å². The van der Waals surface area contributed by atoms with Gasteiger partial charge in [-0.3, -0.25) is 0 Å². The minimum Gasteiger partial charge on any atom is -0.508 e. The van der Waals surface area contributed by atoms with Crippen molar-refractivity contribution in [1.29, 1.82) is 0 Å². The Labute approximate surface area is 61.5 Å². The molecule has 0 aliphatic carbocycles. The van der Waals surface area contributed by atoms with Crippen LogP contribution in [0, 0.1) is 5.92 Å². The van der Waals surface area contributed by atoms with Crippen LogP contribution in [0.5, 0.6) is 0 Å². The summed E-state index contributed by atoms with van der Waals surface area (Å²) in [6.07, 6.45) is 3.71. The molecule has 0 aliphatic heterocycles. The molecule has 10 heavy (non-hydrogen) atoms. The van der Waals surface area contributed by atoms with Gasteiger partial charge in [-0.2, -0.15) is 0 Å². The number of rotatable bonds is 4. The van der Waals surface area contributed by atoms with Crippen molar-refractivity contribution in [1.82, 2.24) is 0 Å². The molecule has 0 aromatic rings. The molecular formula is C8H14O2. The number of hydrogen-bond donors (Lipinski definition) is 2. The van der Waals surface area contributed by atoms with Gasteiger partial charge in [-0.1, -0.05) is 13.5 Å². The van der Waals surface area contributed by atoms with Crippen molar-refractivity contribution in [2.45, 2.75) is 13.3 Å². The molecule has 0 aromatic carbocycles. The van der Waals surface area contributed by atoms with Gasteiger partial charge in [0.2, 0.25) is 0 Å². The van der Waals surface area contributed by atoms with E-state index < -0.39 is 0 Å². The second-order valence-electron chi connectivity index (χ2n) is 2.36. The first-order valence-corrected chi connectivity index (χ1v) is 3.33. The molecule has 0 rings (SSSR count). The van der Waals surface area contributed by atoms with Crippen LogP contribution < -0.4 is 0 Å². The third kappa shape index (κ3) is 4.15. The Kier molecular flexibility index (Phi) is 4.67. The number of aliphatic hydroxyl groups is 2. The monoisotopic (exact) mass is 142 g/mol. The van der Waals surface area contributed by atoms with Crippen LogP contribution in [0.1, 0.15) is 13.3 Å². The van der Waals surface area contributed by atoms with Gasteiger partial charge in [-0.15, -0.1) is 0 Å². The zero-order chi connectivity index (χ0) is 7.98. The zero-order valence-corrected chi connectivity index (χ0v) is 6.25. The lowest BCUT2D eigenvalue weighted by Crippen LogP contribution is -1.98. The summed E-state index contributed by atoms with van der Waals surface area (Å²) in [5.41, 5.74) is 0. The Balaban J connectivity index is 3.60. The third-order valence-electron chi connectivity index (χ3n) is 1.25. The number of allylic oxidation sites excluding steroid dienone is 2. The van der Waals surface area contributed by atoms with Crippen LogP contribution in [-0.4, -0.2) is 16.8 Å². The summed E-state index contributed by atoms with van der Waals surface area (Å²) in [4.78, 5) is 0. The molecule has 0 heterocycles. The van der Waals surface area contributed by atoms with E-state index in [2.05, 4.69) is 6.58 Å². The Morgan fingerprint density at radius 2 is 2.30 bits per heavy atom. The van der Waals surface area contributed by atoms with Crippen LogP contribution in [0.4, 0.5) is 0 Å². The lowest BCUT2D eigenvalue weighted by atomic mass is 10.1. The maximum absolute atomic E-state index is 8.86. The molecule has 1 atom stereocenters. The van der Waals surface area contributed by atoms with Crippen LogP contribution in [0.3, 0.4) is 0 Å². The zero-order valence-electron chi connectivity index (χ0n) is 6.25. The smallest absolute Gasteiger partial charge is 0.111 e. The molecule has 0 spiro atoms. The fraction of sp³-hybridized carbons (Fsp3) is 0.500. The highest BCUT2D eigenvalue weighted by molar-refractivity contribution is 5.06. The maximum Gasteiger partial charge on any atom is 0.111 e. The summed E-state index contributed by atoms with van der Waals surface area (Å²) < 4.78 is 0. The molecule has 58 valence electrons. The molecular weight excluding hydrogens is 128 g/mol. The van der Waals surface area contributed by atoms with Gasteiger partial charge in [0, 0.05) is 6.61 Å². The summed E-state index contributed by atoms with van der Waals surface area (Å²) in [7, 11) is 0. The lowest BCUT2D eigenvalue weighted by Gasteiger charge is -2.01. The van der Waals surface area contributed by atoms with Gasteiger partial charge in [0.05, 0.1) is 0 Å². The van der Waals surface area contributed by atoms with Crippen molar-refractivity contribution in [3.05, 3.63) is 24.5 Å². The average molecular weight is 142 g/mol. The van der Waals surface area contributed by atoms with E-state index in [1.54, 1.807) is 6.08 Å². The van der Waals surface area contributed by atoms with Gasteiger partial charge in [-0.05, 0) is 24.5 Å². The Morgan fingerprint density at radius 1 is 1.70 bits per heavy atom. The largest absolute Gasteiger partial charge is 0.508 e. The summed E-state index contributed by atoms with van der Waals surface area (Å²) in [6.45, 7) is 5.45. The van der Waals surface area contributed by atoms with Crippen molar-refractivity contribution in [2.24, 2.45) is 5.92 Å². The van der Waals surface area contributed by atoms with E-state index in [0.717, 1.165) is 0 Å². The van der Waals surface area contributed by atoms with Crippen molar-refractivity contribution in [3.63, 3.8) is 0 Å². The Bertz CT molecular complexity index is 127. The maximum atomic E-state index is 8.86. The molecule has 0 bridgehead atoms. The number of hydrogen-bond acceptors (Lipinski definition) is 2. The Morgan fingerprint density at radius 3 is 2.70 bits per heavy atom. The van der Waals surface area contributed by atoms with Crippen LogP contribution in [-0.2, 0) is 0 Å². The second kappa shape index (κ2) is 5.06. The highest BCUT2D eigenvalue weighted by Crippen LogP contribution is 2.03. The SMILES string of the molecule is C=C/C(O)=C\C[C@H](C)CO. The molecule has 0 unspecified atom stereocenters. The van der Waals surface area contributed by atoms with Gasteiger partial charge in [0.1, 0.15) is 5.76 Å². The molecule has 2 nitrogen and oxygen atoms in total. The van der Waals surface area contributed by atoms with Crippen molar-refractivity contribution < 1.29 is 10.2 Å². The van der Waals surface area contributed by atoms with Crippen molar-refractivity contribution in [2.75, 3.05) is 6.61 Å². The van der Waals surface area contributed by atoms with Gasteiger partial charge >= 0.3 is 0 Å². The molecule has 0 amide bonds. The topological polar surface area (TPSA) is 40.5 Å². The quantitative estimate of drug-likeness (QED) is 0.462.